The molecule has 1 fully saturated rings. The molecule has 1 saturated heterocycles. The maximum atomic E-state index is 12.7. The van der Waals surface area contributed by atoms with Gasteiger partial charge in [-0.05, 0) is 17.7 Å². The number of ether oxygens (including phenoxy) is 1. The molecule has 176 valence electrons. The lowest BCUT2D eigenvalue weighted by Crippen LogP contribution is -2.40. The Labute approximate surface area is 197 Å². The van der Waals surface area contributed by atoms with Gasteiger partial charge in [-0.1, -0.05) is 30.3 Å². The molecule has 1 aromatic carbocycles. The molecule has 2 aromatic rings. The van der Waals surface area contributed by atoms with Gasteiger partial charge in [0.1, 0.15) is 4.21 Å². The smallest absolute Gasteiger partial charge is 0.252 e. The van der Waals surface area contributed by atoms with Crippen LogP contribution in [0.4, 0.5) is 0 Å². The molecule has 0 bridgehead atoms. The van der Waals surface area contributed by atoms with Crippen LogP contribution in [0.1, 0.15) is 29.7 Å². The van der Waals surface area contributed by atoms with Crippen LogP contribution in [0.5, 0.6) is 0 Å². The fourth-order valence-corrected chi connectivity index (χ4v) is 6.46. The van der Waals surface area contributed by atoms with Crippen LogP contribution in [0.2, 0.25) is 0 Å². The second kappa shape index (κ2) is 10.6. The lowest BCUT2D eigenvalue weighted by molar-refractivity contribution is -0.133. The van der Waals surface area contributed by atoms with E-state index in [1.807, 2.05) is 30.3 Å². The van der Waals surface area contributed by atoms with Gasteiger partial charge < -0.3 is 10.1 Å². The van der Waals surface area contributed by atoms with Crippen molar-refractivity contribution >= 4 is 38.9 Å². The fraction of sp³-hybridized carbons (Fsp3) is 0.409. The van der Waals surface area contributed by atoms with Gasteiger partial charge >= 0.3 is 0 Å². The maximum Gasteiger partial charge on any atom is 0.252 e. The van der Waals surface area contributed by atoms with Gasteiger partial charge in [-0.25, -0.2) is 13.4 Å². The van der Waals surface area contributed by atoms with Crippen molar-refractivity contribution in [3.63, 3.8) is 0 Å². The number of rotatable bonds is 8. The third kappa shape index (κ3) is 5.85. The summed E-state index contributed by atoms with van der Waals surface area (Å²) in [5.74, 6) is -0.452. The summed E-state index contributed by atoms with van der Waals surface area (Å²) >= 11 is 1.14. The first-order chi connectivity index (χ1) is 15.9. The van der Waals surface area contributed by atoms with Gasteiger partial charge in [0, 0.05) is 37.2 Å². The lowest BCUT2D eigenvalue weighted by atomic mass is 10.1. The molecule has 3 heterocycles. The van der Waals surface area contributed by atoms with Gasteiger partial charge in [0.15, 0.2) is 0 Å². The highest BCUT2D eigenvalue weighted by molar-refractivity contribution is 7.91. The van der Waals surface area contributed by atoms with Crippen LogP contribution in [0.3, 0.4) is 0 Å². The van der Waals surface area contributed by atoms with E-state index in [-0.39, 0.29) is 35.4 Å². The van der Waals surface area contributed by atoms with Crippen molar-refractivity contribution in [3.05, 3.63) is 52.9 Å². The fourth-order valence-electron chi connectivity index (χ4n) is 3.60. The van der Waals surface area contributed by atoms with Crippen molar-refractivity contribution in [1.82, 2.24) is 14.6 Å². The Kier molecular flexibility index (Phi) is 7.53. The molecule has 1 N–H and O–H groups in total. The molecular formula is C22H26N4O5S2. The molecular weight excluding hydrogens is 464 g/mol. The number of thiophene rings is 1. The van der Waals surface area contributed by atoms with E-state index in [0.717, 1.165) is 27.5 Å². The number of hydrogen-bond donors (Lipinski definition) is 1. The first kappa shape index (κ1) is 23.6. The summed E-state index contributed by atoms with van der Waals surface area (Å²) in [5.41, 5.74) is 1.87. The summed E-state index contributed by atoms with van der Waals surface area (Å²) in [6, 6.07) is 13.0. The van der Waals surface area contributed by atoms with Gasteiger partial charge in [-0.15, -0.1) is 11.3 Å². The Morgan fingerprint density at radius 2 is 1.79 bits per heavy atom. The van der Waals surface area contributed by atoms with Crippen LogP contribution in [-0.2, 0) is 30.9 Å². The molecule has 1 aromatic heterocycles. The third-order valence-corrected chi connectivity index (χ3v) is 8.87. The predicted molar refractivity (Wildman–Crippen MR) is 124 cm³/mol. The molecule has 4 rings (SSSR count). The van der Waals surface area contributed by atoms with E-state index in [4.69, 9.17) is 4.74 Å². The van der Waals surface area contributed by atoms with Crippen LogP contribution >= 0.6 is 11.3 Å². The number of morpholine rings is 1. The van der Waals surface area contributed by atoms with E-state index in [1.165, 1.54) is 9.31 Å². The minimum Gasteiger partial charge on any atom is -0.379 e. The number of sulfonamides is 1. The zero-order chi connectivity index (χ0) is 23.3. The minimum absolute atomic E-state index is 0.0514. The van der Waals surface area contributed by atoms with E-state index >= 15 is 0 Å². The predicted octanol–water partition coefficient (Wildman–Crippen LogP) is 1.80. The number of benzene rings is 1. The molecule has 33 heavy (non-hydrogen) atoms. The summed E-state index contributed by atoms with van der Waals surface area (Å²) in [6.45, 7) is 2.20. The Hall–Kier alpha value is -2.60. The largest absolute Gasteiger partial charge is 0.379 e. The van der Waals surface area contributed by atoms with Crippen molar-refractivity contribution in [2.75, 3.05) is 32.8 Å². The van der Waals surface area contributed by atoms with Gasteiger partial charge in [-0.2, -0.15) is 9.41 Å². The Morgan fingerprint density at radius 1 is 1.03 bits per heavy atom. The Morgan fingerprint density at radius 3 is 2.55 bits per heavy atom. The minimum atomic E-state index is -3.54. The summed E-state index contributed by atoms with van der Waals surface area (Å²) in [7, 11) is -3.54. The van der Waals surface area contributed by atoms with E-state index in [0.29, 0.717) is 39.3 Å². The zero-order valence-electron chi connectivity index (χ0n) is 18.1. The van der Waals surface area contributed by atoms with Crippen LogP contribution in [-0.4, -0.2) is 68.1 Å². The summed E-state index contributed by atoms with van der Waals surface area (Å²) < 4.78 is 32.3. The maximum absolute atomic E-state index is 12.7. The molecule has 0 aliphatic carbocycles. The van der Waals surface area contributed by atoms with E-state index in [2.05, 4.69) is 10.4 Å². The van der Waals surface area contributed by atoms with Crippen molar-refractivity contribution in [1.29, 1.82) is 0 Å². The molecule has 0 saturated carbocycles. The quantitative estimate of drug-likeness (QED) is 0.607. The van der Waals surface area contributed by atoms with Crippen LogP contribution in [0.25, 0.3) is 0 Å². The van der Waals surface area contributed by atoms with Gasteiger partial charge in [0.2, 0.25) is 11.8 Å². The molecule has 11 heteroatoms. The summed E-state index contributed by atoms with van der Waals surface area (Å²) in [5, 5.41) is 8.58. The Balaban J connectivity index is 1.23. The standard InChI is InChI=1S/C22H26N4O5S2/c27-20(7-8-21(28)26-11-10-19(24-26)17-4-2-1-3-5-17)23-16-18-6-9-22(32-18)33(29,30)25-12-14-31-15-13-25/h1-6,9H,7-8,10-16H2,(H,23,27). The molecule has 2 amide bonds. The van der Waals surface area contributed by atoms with Crippen LogP contribution < -0.4 is 5.32 Å². The molecule has 2 aliphatic heterocycles. The second-order valence-electron chi connectivity index (χ2n) is 7.69. The first-order valence-corrected chi connectivity index (χ1v) is 13.1. The Bertz CT molecular complexity index is 1120. The van der Waals surface area contributed by atoms with Gasteiger partial charge in [0.05, 0.1) is 32.0 Å². The topological polar surface area (TPSA) is 108 Å². The average Bonchev–Trinajstić information content (AvgIpc) is 3.53. The number of carbonyl (C=O) groups is 2. The molecule has 2 aliphatic rings. The van der Waals surface area contributed by atoms with Crippen LogP contribution in [0, 0.1) is 0 Å². The third-order valence-electron chi connectivity index (χ3n) is 5.42. The van der Waals surface area contributed by atoms with Gasteiger partial charge in [-0.3, -0.25) is 9.59 Å². The van der Waals surface area contributed by atoms with Crippen molar-refractivity contribution < 1.29 is 22.7 Å². The van der Waals surface area contributed by atoms with Crippen molar-refractivity contribution in [2.45, 2.75) is 30.0 Å². The van der Waals surface area contributed by atoms with E-state index < -0.39 is 10.0 Å². The lowest BCUT2D eigenvalue weighted by Gasteiger charge is -2.25. The normalized spacial score (nSPS) is 17.1. The second-order valence-corrected chi connectivity index (χ2v) is 11.0. The van der Waals surface area contributed by atoms with Gasteiger partial charge in [0.25, 0.3) is 10.0 Å². The molecule has 9 nitrogen and oxygen atoms in total. The number of carbonyl (C=O) groups excluding carboxylic acids is 2. The first-order valence-electron chi connectivity index (χ1n) is 10.8. The molecule has 0 radical (unpaired) electrons. The number of amides is 2. The summed E-state index contributed by atoms with van der Waals surface area (Å²) in [6.07, 6.45) is 0.810. The SMILES string of the molecule is O=C(CCC(=O)N1CCC(c2ccccc2)=N1)NCc1ccc(S(=O)(=O)N2CCOCC2)s1. The number of nitrogens with one attached hydrogen (secondary N) is 1. The molecule has 0 atom stereocenters. The van der Waals surface area contributed by atoms with Crippen molar-refractivity contribution in [3.8, 4) is 0 Å². The highest BCUT2D eigenvalue weighted by atomic mass is 32.2. The monoisotopic (exact) mass is 490 g/mol. The zero-order valence-corrected chi connectivity index (χ0v) is 19.7. The number of hydrazone groups is 1. The van der Waals surface area contributed by atoms with Crippen molar-refractivity contribution in [2.24, 2.45) is 5.10 Å². The van der Waals surface area contributed by atoms with E-state index in [1.54, 1.807) is 12.1 Å². The summed E-state index contributed by atoms with van der Waals surface area (Å²) in [4.78, 5) is 25.4. The highest BCUT2D eigenvalue weighted by Gasteiger charge is 2.28. The highest BCUT2D eigenvalue weighted by Crippen LogP contribution is 2.25. The molecule has 0 spiro atoms. The average molecular weight is 491 g/mol. The number of nitrogens with zero attached hydrogens (tertiary/aromatic N) is 3. The van der Waals surface area contributed by atoms with Crippen LogP contribution in [0.15, 0.2) is 51.8 Å². The molecule has 0 unspecified atom stereocenters. The van der Waals surface area contributed by atoms with E-state index in [9.17, 15) is 18.0 Å². The number of hydrogen-bond acceptors (Lipinski definition) is 7.